The zero-order valence-corrected chi connectivity index (χ0v) is 11.1. The van der Waals surface area contributed by atoms with Gasteiger partial charge in [0.15, 0.2) is 11.5 Å². The summed E-state index contributed by atoms with van der Waals surface area (Å²) in [6.07, 6.45) is -4.11. The summed E-state index contributed by atoms with van der Waals surface area (Å²) >= 11 is 6.14. The molecule has 0 amide bonds. The Bertz CT molecular complexity index is 583. The SMILES string of the molecule is CCC1Oc2cc3c(c(Cl)c2O1)C=CC(C(F)(F)F)O3. The molecular formula is C13H10ClF3O3. The molecule has 2 atom stereocenters. The Morgan fingerprint density at radius 3 is 2.60 bits per heavy atom. The third-order valence-corrected chi connectivity index (χ3v) is 3.42. The van der Waals surface area contributed by atoms with Crippen LogP contribution in [0.4, 0.5) is 13.2 Å². The predicted octanol–water partition coefficient (Wildman–Crippen LogP) is 4.18. The van der Waals surface area contributed by atoms with E-state index in [1.54, 1.807) is 0 Å². The molecule has 1 aromatic rings. The van der Waals surface area contributed by atoms with Crippen molar-refractivity contribution in [2.45, 2.75) is 31.9 Å². The standard InChI is InChI=1S/C13H10ClF3O3/c1-2-10-19-8-5-7-6(11(14)12(8)20-10)3-4-9(18-7)13(15,16)17/h3-5,9-10H,2H2,1H3. The van der Waals surface area contributed by atoms with Gasteiger partial charge in [-0.25, -0.2) is 0 Å². The first-order chi connectivity index (χ1) is 9.40. The van der Waals surface area contributed by atoms with Crippen molar-refractivity contribution in [3.63, 3.8) is 0 Å². The molecule has 3 nitrogen and oxygen atoms in total. The quantitative estimate of drug-likeness (QED) is 0.779. The van der Waals surface area contributed by atoms with Gasteiger partial charge in [0.25, 0.3) is 0 Å². The highest BCUT2D eigenvalue weighted by atomic mass is 35.5. The third kappa shape index (κ3) is 2.08. The molecule has 0 fully saturated rings. The van der Waals surface area contributed by atoms with Gasteiger partial charge in [0.1, 0.15) is 5.75 Å². The van der Waals surface area contributed by atoms with Crippen molar-refractivity contribution in [3.05, 3.63) is 22.7 Å². The van der Waals surface area contributed by atoms with E-state index >= 15 is 0 Å². The van der Waals surface area contributed by atoms with Gasteiger partial charge in [-0.15, -0.1) is 0 Å². The number of hydrogen-bond donors (Lipinski definition) is 0. The first kappa shape index (κ1) is 13.4. The molecule has 2 unspecified atom stereocenters. The van der Waals surface area contributed by atoms with Gasteiger partial charge in [-0.2, -0.15) is 13.2 Å². The molecule has 0 aliphatic carbocycles. The molecule has 2 heterocycles. The Balaban J connectivity index is 2.00. The van der Waals surface area contributed by atoms with Crippen molar-refractivity contribution in [2.24, 2.45) is 0 Å². The Labute approximate surface area is 117 Å². The minimum Gasteiger partial charge on any atom is -0.476 e. The van der Waals surface area contributed by atoms with Gasteiger partial charge >= 0.3 is 6.18 Å². The van der Waals surface area contributed by atoms with Crippen LogP contribution in [-0.2, 0) is 0 Å². The molecule has 0 aromatic heterocycles. The van der Waals surface area contributed by atoms with Crippen molar-refractivity contribution >= 4 is 17.7 Å². The highest BCUT2D eigenvalue weighted by molar-refractivity contribution is 6.34. The predicted molar refractivity (Wildman–Crippen MR) is 66.3 cm³/mol. The fraction of sp³-hybridized carbons (Fsp3) is 0.385. The molecule has 0 radical (unpaired) electrons. The molecule has 1 aromatic carbocycles. The fourth-order valence-electron chi connectivity index (χ4n) is 2.05. The van der Waals surface area contributed by atoms with Crippen molar-refractivity contribution in [3.8, 4) is 17.2 Å². The number of hydrogen-bond acceptors (Lipinski definition) is 3. The summed E-state index contributed by atoms with van der Waals surface area (Å²) in [6, 6.07) is 1.38. The van der Waals surface area contributed by atoms with Gasteiger partial charge in [-0.1, -0.05) is 18.5 Å². The molecule has 108 valence electrons. The highest BCUT2D eigenvalue weighted by Gasteiger charge is 2.42. The fourth-order valence-corrected chi connectivity index (χ4v) is 2.34. The smallest absolute Gasteiger partial charge is 0.429 e. The largest absolute Gasteiger partial charge is 0.476 e. The average molecular weight is 307 g/mol. The highest BCUT2D eigenvalue weighted by Crippen LogP contribution is 2.49. The second-order valence-corrected chi connectivity index (χ2v) is 4.82. The second-order valence-electron chi connectivity index (χ2n) is 4.44. The van der Waals surface area contributed by atoms with E-state index in [0.29, 0.717) is 23.5 Å². The lowest BCUT2D eigenvalue weighted by atomic mass is 10.1. The molecular weight excluding hydrogens is 297 g/mol. The Hall–Kier alpha value is -1.56. The minimum absolute atomic E-state index is 0.0407. The number of benzene rings is 1. The van der Waals surface area contributed by atoms with Crippen LogP contribution >= 0.6 is 11.6 Å². The lowest BCUT2D eigenvalue weighted by Crippen LogP contribution is -2.33. The van der Waals surface area contributed by atoms with Crippen molar-refractivity contribution < 1.29 is 27.4 Å². The number of ether oxygens (including phenoxy) is 3. The van der Waals surface area contributed by atoms with Crippen LogP contribution < -0.4 is 14.2 Å². The summed E-state index contributed by atoms with van der Waals surface area (Å²) < 4.78 is 53.8. The first-order valence-corrected chi connectivity index (χ1v) is 6.39. The van der Waals surface area contributed by atoms with Crippen LogP contribution in [0.15, 0.2) is 12.1 Å². The normalized spacial score (nSPS) is 23.4. The lowest BCUT2D eigenvalue weighted by Gasteiger charge is -2.24. The maximum atomic E-state index is 12.7. The molecule has 0 saturated carbocycles. The second kappa shape index (κ2) is 4.48. The van der Waals surface area contributed by atoms with Gasteiger partial charge < -0.3 is 14.2 Å². The summed E-state index contributed by atoms with van der Waals surface area (Å²) in [7, 11) is 0. The van der Waals surface area contributed by atoms with Crippen LogP contribution in [0.5, 0.6) is 17.2 Å². The van der Waals surface area contributed by atoms with E-state index < -0.39 is 18.6 Å². The summed E-state index contributed by atoms with van der Waals surface area (Å²) in [5.41, 5.74) is 0.367. The Kier molecular flexibility index (Phi) is 3.01. The average Bonchev–Trinajstić information content (AvgIpc) is 2.80. The van der Waals surface area contributed by atoms with E-state index in [1.165, 1.54) is 12.1 Å². The van der Waals surface area contributed by atoms with Crippen LogP contribution in [0.3, 0.4) is 0 Å². The number of alkyl halides is 3. The molecule has 20 heavy (non-hydrogen) atoms. The number of halogens is 4. The minimum atomic E-state index is -4.47. The van der Waals surface area contributed by atoms with E-state index in [-0.39, 0.29) is 10.8 Å². The molecule has 0 spiro atoms. The third-order valence-electron chi connectivity index (χ3n) is 3.04. The molecule has 0 bridgehead atoms. The van der Waals surface area contributed by atoms with E-state index in [2.05, 4.69) is 0 Å². The first-order valence-electron chi connectivity index (χ1n) is 6.01. The molecule has 2 aliphatic rings. The molecule has 3 rings (SSSR count). The van der Waals surface area contributed by atoms with Crippen molar-refractivity contribution in [1.29, 1.82) is 0 Å². The van der Waals surface area contributed by atoms with E-state index in [0.717, 1.165) is 6.08 Å². The van der Waals surface area contributed by atoms with Gasteiger partial charge in [0.05, 0.1) is 5.02 Å². The number of fused-ring (bicyclic) bond motifs is 2. The molecule has 7 heteroatoms. The van der Waals surface area contributed by atoms with Crippen molar-refractivity contribution in [2.75, 3.05) is 0 Å². The van der Waals surface area contributed by atoms with Crippen LogP contribution in [0.2, 0.25) is 5.02 Å². The zero-order chi connectivity index (χ0) is 14.5. The lowest BCUT2D eigenvalue weighted by molar-refractivity contribution is -0.180. The van der Waals surface area contributed by atoms with Gasteiger partial charge in [0.2, 0.25) is 12.4 Å². The molecule has 2 aliphatic heterocycles. The van der Waals surface area contributed by atoms with Gasteiger partial charge in [-0.05, 0) is 12.2 Å². The topological polar surface area (TPSA) is 27.7 Å². The van der Waals surface area contributed by atoms with Crippen LogP contribution in [0.1, 0.15) is 18.9 Å². The van der Waals surface area contributed by atoms with Gasteiger partial charge in [0, 0.05) is 18.1 Å². The summed E-state index contributed by atoms with van der Waals surface area (Å²) in [5, 5.41) is 0.199. The zero-order valence-electron chi connectivity index (χ0n) is 10.3. The Morgan fingerprint density at radius 2 is 1.95 bits per heavy atom. The van der Waals surface area contributed by atoms with E-state index in [4.69, 9.17) is 25.8 Å². The number of rotatable bonds is 1. The summed E-state index contributed by atoms with van der Waals surface area (Å²) in [6.45, 7) is 1.86. The molecule has 0 N–H and O–H groups in total. The monoisotopic (exact) mass is 306 g/mol. The van der Waals surface area contributed by atoms with Crippen LogP contribution in [0.25, 0.3) is 6.08 Å². The maximum Gasteiger partial charge on any atom is 0.429 e. The van der Waals surface area contributed by atoms with Crippen LogP contribution in [-0.4, -0.2) is 18.6 Å². The van der Waals surface area contributed by atoms with Gasteiger partial charge in [-0.3, -0.25) is 0 Å². The Morgan fingerprint density at radius 1 is 1.20 bits per heavy atom. The molecule has 0 saturated heterocycles. The summed E-state index contributed by atoms with van der Waals surface area (Å²) in [5.74, 6) is 0.687. The summed E-state index contributed by atoms with van der Waals surface area (Å²) in [4.78, 5) is 0. The van der Waals surface area contributed by atoms with E-state index in [1.807, 2.05) is 6.92 Å². The van der Waals surface area contributed by atoms with Crippen molar-refractivity contribution in [1.82, 2.24) is 0 Å². The van der Waals surface area contributed by atoms with E-state index in [9.17, 15) is 13.2 Å². The maximum absolute atomic E-state index is 12.7. The van der Waals surface area contributed by atoms with Crippen LogP contribution in [0, 0.1) is 0 Å².